The number of aryl methyl sites for hydroxylation is 1. The molecule has 0 atom stereocenters. The summed E-state index contributed by atoms with van der Waals surface area (Å²) in [6.07, 6.45) is 3.80. The van der Waals surface area contributed by atoms with Crippen LogP contribution in [0.3, 0.4) is 0 Å². The van der Waals surface area contributed by atoms with Gasteiger partial charge in [0.1, 0.15) is 24.0 Å². The first-order valence-electron chi connectivity index (χ1n) is 10.4. The summed E-state index contributed by atoms with van der Waals surface area (Å²) in [5.74, 6) is 1.05. The first kappa shape index (κ1) is 21.3. The Morgan fingerprint density at radius 3 is 2.78 bits per heavy atom. The highest BCUT2D eigenvalue weighted by molar-refractivity contribution is 5.91. The number of hydrogen-bond donors (Lipinski definition) is 1. The number of nitrogens with zero attached hydrogens (tertiary/aromatic N) is 2. The molecule has 0 aliphatic carbocycles. The smallest absolute Gasteiger partial charge is 0.244 e. The Balaban J connectivity index is 1.29. The van der Waals surface area contributed by atoms with Gasteiger partial charge in [0.15, 0.2) is 0 Å². The minimum Gasteiger partial charge on any atom is -0.489 e. The number of aromatic nitrogens is 2. The highest BCUT2D eigenvalue weighted by Crippen LogP contribution is 2.17. The van der Waals surface area contributed by atoms with Crippen LogP contribution in [-0.2, 0) is 24.9 Å². The maximum absolute atomic E-state index is 13.4. The molecular formula is C26H24FN3O2. The molecule has 1 aromatic heterocycles. The molecule has 1 heterocycles. The SMILES string of the molecule is Cn1c(CCNC(=O)/C=C/c2cccc(OCc3ccccc3)c2)nc2ccc(F)cc21. The highest BCUT2D eigenvalue weighted by atomic mass is 19.1. The molecule has 4 aromatic rings. The Hall–Kier alpha value is -3.93. The van der Waals surface area contributed by atoms with Crippen LogP contribution in [0.1, 0.15) is 17.0 Å². The van der Waals surface area contributed by atoms with Crippen LogP contribution in [0.25, 0.3) is 17.1 Å². The summed E-state index contributed by atoms with van der Waals surface area (Å²) in [6.45, 7) is 0.923. The molecule has 6 heteroatoms. The fourth-order valence-corrected chi connectivity index (χ4v) is 3.41. The van der Waals surface area contributed by atoms with E-state index in [1.807, 2.05) is 66.2 Å². The minimum atomic E-state index is -0.292. The van der Waals surface area contributed by atoms with E-state index in [-0.39, 0.29) is 11.7 Å². The van der Waals surface area contributed by atoms with Crippen LogP contribution in [0, 0.1) is 5.82 Å². The zero-order valence-electron chi connectivity index (χ0n) is 17.8. The lowest BCUT2D eigenvalue weighted by Gasteiger charge is -2.07. The maximum Gasteiger partial charge on any atom is 0.244 e. The van der Waals surface area contributed by atoms with Crippen molar-refractivity contribution in [1.29, 1.82) is 0 Å². The van der Waals surface area contributed by atoms with Gasteiger partial charge in [0.25, 0.3) is 0 Å². The minimum absolute atomic E-state index is 0.189. The number of halogens is 1. The largest absolute Gasteiger partial charge is 0.489 e. The number of imidazole rings is 1. The molecule has 0 aliphatic heterocycles. The molecule has 1 N–H and O–H groups in total. The Morgan fingerprint density at radius 1 is 1.09 bits per heavy atom. The molecule has 0 saturated heterocycles. The van der Waals surface area contributed by atoms with Crippen molar-refractivity contribution in [3.8, 4) is 5.75 Å². The number of ether oxygens (including phenoxy) is 1. The van der Waals surface area contributed by atoms with Crippen molar-refractivity contribution in [3.05, 3.63) is 102 Å². The molecule has 0 bridgehead atoms. The van der Waals surface area contributed by atoms with Crippen LogP contribution in [-0.4, -0.2) is 22.0 Å². The predicted octanol–water partition coefficient (Wildman–Crippen LogP) is 4.66. The summed E-state index contributed by atoms with van der Waals surface area (Å²) in [6, 6.07) is 22.1. The lowest BCUT2D eigenvalue weighted by Crippen LogP contribution is -2.24. The van der Waals surface area contributed by atoms with Crippen molar-refractivity contribution in [2.24, 2.45) is 7.05 Å². The van der Waals surface area contributed by atoms with Gasteiger partial charge < -0.3 is 14.6 Å². The van der Waals surface area contributed by atoms with Gasteiger partial charge in [0, 0.05) is 26.1 Å². The average molecular weight is 429 g/mol. The molecule has 0 saturated carbocycles. The van der Waals surface area contributed by atoms with Crippen molar-refractivity contribution in [3.63, 3.8) is 0 Å². The van der Waals surface area contributed by atoms with E-state index >= 15 is 0 Å². The van der Waals surface area contributed by atoms with Gasteiger partial charge in [-0.3, -0.25) is 4.79 Å². The number of nitrogens with one attached hydrogen (secondary N) is 1. The van der Waals surface area contributed by atoms with Gasteiger partial charge in [-0.2, -0.15) is 0 Å². The van der Waals surface area contributed by atoms with Crippen molar-refractivity contribution >= 4 is 23.0 Å². The topological polar surface area (TPSA) is 56.2 Å². The highest BCUT2D eigenvalue weighted by Gasteiger charge is 2.08. The van der Waals surface area contributed by atoms with Crippen molar-refractivity contribution in [1.82, 2.24) is 14.9 Å². The van der Waals surface area contributed by atoms with Gasteiger partial charge in [-0.25, -0.2) is 9.37 Å². The molecule has 0 spiro atoms. The van der Waals surface area contributed by atoms with E-state index in [2.05, 4.69) is 10.3 Å². The molecule has 162 valence electrons. The van der Waals surface area contributed by atoms with Crippen LogP contribution in [0.15, 0.2) is 78.9 Å². The number of rotatable bonds is 8. The fourth-order valence-electron chi connectivity index (χ4n) is 3.41. The lowest BCUT2D eigenvalue weighted by molar-refractivity contribution is -0.116. The second-order valence-electron chi connectivity index (χ2n) is 7.44. The molecule has 4 rings (SSSR count). The Bertz CT molecular complexity index is 1250. The first-order chi connectivity index (χ1) is 15.6. The molecule has 1 amide bonds. The molecule has 3 aromatic carbocycles. The summed E-state index contributed by atoms with van der Waals surface area (Å²) in [5, 5.41) is 2.86. The Morgan fingerprint density at radius 2 is 1.94 bits per heavy atom. The second kappa shape index (κ2) is 9.92. The van der Waals surface area contributed by atoms with Crippen molar-refractivity contribution in [2.45, 2.75) is 13.0 Å². The normalized spacial score (nSPS) is 11.2. The summed E-state index contributed by atoms with van der Waals surface area (Å²) < 4.78 is 21.1. The average Bonchev–Trinajstić information content (AvgIpc) is 3.12. The summed E-state index contributed by atoms with van der Waals surface area (Å²) in [4.78, 5) is 16.7. The summed E-state index contributed by atoms with van der Waals surface area (Å²) >= 11 is 0. The van der Waals surface area contributed by atoms with Gasteiger partial charge in [-0.05, 0) is 47.5 Å². The number of carbonyl (C=O) groups is 1. The van der Waals surface area contributed by atoms with Crippen molar-refractivity contribution < 1.29 is 13.9 Å². The molecule has 0 aliphatic rings. The molecule has 0 fully saturated rings. The third kappa shape index (κ3) is 5.40. The van der Waals surface area contributed by atoms with Crippen LogP contribution in [0.5, 0.6) is 5.75 Å². The lowest BCUT2D eigenvalue weighted by atomic mass is 10.2. The van der Waals surface area contributed by atoms with E-state index in [0.29, 0.717) is 19.6 Å². The third-order valence-electron chi connectivity index (χ3n) is 5.12. The number of carbonyl (C=O) groups excluding carboxylic acids is 1. The summed E-state index contributed by atoms with van der Waals surface area (Å²) in [5.41, 5.74) is 3.45. The van der Waals surface area contributed by atoms with E-state index in [4.69, 9.17) is 4.74 Å². The fraction of sp³-hybridized carbons (Fsp3) is 0.154. The number of hydrogen-bond acceptors (Lipinski definition) is 3. The molecule has 5 nitrogen and oxygen atoms in total. The van der Waals surface area contributed by atoms with E-state index in [1.54, 1.807) is 12.1 Å². The molecular weight excluding hydrogens is 405 g/mol. The summed E-state index contributed by atoms with van der Waals surface area (Å²) in [7, 11) is 1.85. The third-order valence-corrected chi connectivity index (χ3v) is 5.12. The number of amides is 1. The van der Waals surface area contributed by atoms with Gasteiger partial charge in [0.2, 0.25) is 5.91 Å². The first-order valence-corrected chi connectivity index (χ1v) is 10.4. The molecule has 32 heavy (non-hydrogen) atoms. The van der Waals surface area contributed by atoms with E-state index < -0.39 is 0 Å². The second-order valence-corrected chi connectivity index (χ2v) is 7.44. The van der Waals surface area contributed by atoms with Gasteiger partial charge in [0.05, 0.1) is 11.0 Å². The molecule has 0 radical (unpaired) electrons. The van der Waals surface area contributed by atoms with Gasteiger partial charge in [-0.1, -0.05) is 42.5 Å². The van der Waals surface area contributed by atoms with E-state index in [0.717, 1.165) is 33.7 Å². The van der Waals surface area contributed by atoms with Crippen molar-refractivity contribution in [2.75, 3.05) is 6.54 Å². The zero-order valence-corrected chi connectivity index (χ0v) is 17.8. The monoisotopic (exact) mass is 429 g/mol. The van der Waals surface area contributed by atoms with E-state index in [9.17, 15) is 9.18 Å². The zero-order chi connectivity index (χ0) is 22.3. The number of fused-ring (bicyclic) bond motifs is 1. The van der Waals surface area contributed by atoms with E-state index in [1.165, 1.54) is 18.2 Å². The van der Waals surface area contributed by atoms with Gasteiger partial charge >= 0.3 is 0 Å². The maximum atomic E-state index is 13.4. The van der Waals surface area contributed by atoms with Crippen LogP contribution in [0.4, 0.5) is 4.39 Å². The molecule has 0 unspecified atom stereocenters. The predicted molar refractivity (Wildman–Crippen MR) is 124 cm³/mol. The van der Waals surface area contributed by atoms with Crippen LogP contribution in [0.2, 0.25) is 0 Å². The van der Waals surface area contributed by atoms with Crippen LogP contribution >= 0.6 is 0 Å². The Labute approximate surface area is 186 Å². The quantitative estimate of drug-likeness (QED) is 0.415. The Kier molecular flexibility index (Phi) is 6.60. The van der Waals surface area contributed by atoms with Gasteiger partial charge in [-0.15, -0.1) is 0 Å². The standard InChI is InChI=1S/C26H24FN3O2/c1-30-24-17-21(27)11-12-23(24)29-25(30)14-15-28-26(31)13-10-19-8-5-9-22(16-19)32-18-20-6-3-2-4-7-20/h2-13,16-17H,14-15,18H2,1H3,(H,28,31)/b13-10+. The van der Waals surface area contributed by atoms with Crippen LogP contribution < -0.4 is 10.1 Å². The number of benzene rings is 3.